The highest BCUT2D eigenvalue weighted by Crippen LogP contribution is 2.28. The summed E-state index contributed by atoms with van der Waals surface area (Å²) in [4.78, 5) is 36.0. The molecule has 2 atom stereocenters. The van der Waals surface area contributed by atoms with Crippen LogP contribution < -0.4 is 0 Å². The van der Waals surface area contributed by atoms with Gasteiger partial charge in [0.2, 0.25) is 0 Å². The maximum Gasteiger partial charge on any atom is 0.452 e. The smallest absolute Gasteiger partial charge is 0.396 e. The highest BCUT2D eigenvalue weighted by molar-refractivity contribution is 5.90. The summed E-state index contributed by atoms with van der Waals surface area (Å²) in [5.41, 5.74) is -0.416. The van der Waals surface area contributed by atoms with E-state index in [9.17, 15) is 24.6 Å². The van der Waals surface area contributed by atoms with E-state index in [2.05, 4.69) is 19.7 Å². The second-order valence-corrected chi connectivity index (χ2v) is 6.03. The Morgan fingerprint density at radius 1 is 0.852 bits per heavy atom. The lowest BCUT2D eigenvalue weighted by Crippen LogP contribution is -2.54. The molecule has 9 nitrogen and oxygen atoms in total. The van der Waals surface area contributed by atoms with Crippen LogP contribution in [0.1, 0.15) is 33.6 Å². The van der Waals surface area contributed by atoms with Gasteiger partial charge < -0.3 is 29.5 Å². The topological polar surface area (TPSA) is 140 Å². The summed E-state index contributed by atoms with van der Waals surface area (Å²) >= 11 is 0. The van der Waals surface area contributed by atoms with Crippen molar-refractivity contribution in [2.45, 2.75) is 51.8 Å². The molecule has 0 aliphatic carbocycles. The third kappa shape index (κ3) is 7.73. The first-order chi connectivity index (χ1) is 12.4. The zero-order valence-electron chi connectivity index (χ0n) is 15.7. The summed E-state index contributed by atoms with van der Waals surface area (Å²) in [5, 5.41) is 29.2. The van der Waals surface area contributed by atoms with Gasteiger partial charge in [0.05, 0.1) is 6.10 Å². The van der Waals surface area contributed by atoms with E-state index < -0.39 is 49.1 Å². The molecule has 0 aliphatic heterocycles. The van der Waals surface area contributed by atoms with Crippen molar-refractivity contribution in [3.8, 4) is 0 Å². The standard InChI is InChI=1S/C18H26O9/c1-10(2)15(22)25-18(26-16(23)11(3)4,27-17(24)12(5)6)14(21)9-13(20)7-8-19/h13-14,19-21H,1,3,5,7-9H2,2,4,6H3. The van der Waals surface area contributed by atoms with Crippen molar-refractivity contribution in [1.82, 2.24) is 0 Å². The highest BCUT2D eigenvalue weighted by Gasteiger charge is 2.52. The summed E-state index contributed by atoms with van der Waals surface area (Å²) in [6.07, 6.45) is -3.96. The molecular formula is C18H26O9. The third-order valence-corrected chi connectivity index (χ3v) is 3.12. The van der Waals surface area contributed by atoms with E-state index in [0.717, 1.165) is 0 Å². The Hall–Kier alpha value is -2.49. The Labute approximate surface area is 157 Å². The molecule has 0 aromatic heterocycles. The van der Waals surface area contributed by atoms with Crippen LogP contribution in [0.3, 0.4) is 0 Å². The second kappa shape index (κ2) is 10.6. The summed E-state index contributed by atoms with van der Waals surface area (Å²) in [7, 11) is 0. The van der Waals surface area contributed by atoms with Crippen molar-refractivity contribution < 1.29 is 43.9 Å². The van der Waals surface area contributed by atoms with E-state index in [1.807, 2.05) is 0 Å². The van der Waals surface area contributed by atoms with Crippen LogP contribution >= 0.6 is 0 Å². The van der Waals surface area contributed by atoms with E-state index in [1.165, 1.54) is 20.8 Å². The number of carbonyl (C=O) groups is 3. The molecule has 2 unspecified atom stereocenters. The maximum atomic E-state index is 12.0. The van der Waals surface area contributed by atoms with Crippen LogP contribution in [0.2, 0.25) is 0 Å². The Morgan fingerprint density at radius 2 is 1.19 bits per heavy atom. The molecule has 0 heterocycles. The number of esters is 3. The lowest BCUT2D eigenvalue weighted by atomic mass is 10.1. The molecule has 0 fully saturated rings. The molecular weight excluding hydrogens is 360 g/mol. The molecule has 0 aromatic carbocycles. The van der Waals surface area contributed by atoms with E-state index >= 15 is 0 Å². The molecule has 0 aromatic rings. The van der Waals surface area contributed by atoms with Crippen molar-refractivity contribution >= 4 is 17.9 Å². The fraction of sp³-hybridized carbons (Fsp3) is 0.500. The van der Waals surface area contributed by atoms with Gasteiger partial charge in [-0.25, -0.2) is 14.4 Å². The molecule has 0 spiro atoms. The van der Waals surface area contributed by atoms with Gasteiger partial charge in [-0.3, -0.25) is 0 Å². The van der Waals surface area contributed by atoms with E-state index in [4.69, 9.17) is 19.3 Å². The number of hydrogen-bond acceptors (Lipinski definition) is 9. The number of aliphatic hydroxyl groups excluding tert-OH is 3. The number of aliphatic hydroxyl groups is 3. The van der Waals surface area contributed by atoms with Gasteiger partial charge in [-0.05, 0) is 27.2 Å². The number of ether oxygens (including phenoxy) is 3. The first kappa shape index (κ1) is 24.5. The minimum absolute atomic E-state index is 0.134. The predicted octanol–water partition coefficient (Wildman–Crippen LogP) is 0.492. The van der Waals surface area contributed by atoms with Gasteiger partial charge in [0.15, 0.2) is 6.10 Å². The lowest BCUT2D eigenvalue weighted by Gasteiger charge is -2.35. The predicted molar refractivity (Wildman–Crippen MR) is 93.8 cm³/mol. The van der Waals surface area contributed by atoms with Gasteiger partial charge in [-0.1, -0.05) is 19.7 Å². The minimum Gasteiger partial charge on any atom is -0.396 e. The van der Waals surface area contributed by atoms with Gasteiger partial charge in [-0.2, -0.15) is 0 Å². The van der Waals surface area contributed by atoms with E-state index in [0.29, 0.717) is 0 Å². The average molecular weight is 386 g/mol. The SMILES string of the molecule is C=C(C)C(=O)OC(OC(=O)C(=C)C)(OC(=O)C(=C)C)C(O)CC(O)CCO. The van der Waals surface area contributed by atoms with Crippen LogP contribution in [0, 0.1) is 0 Å². The Balaban J connectivity index is 6.07. The molecule has 152 valence electrons. The Morgan fingerprint density at radius 3 is 1.44 bits per heavy atom. The Bertz CT molecular complexity index is 551. The minimum atomic E-state index is -2.92. The van der Waals surface area contributed by atoms with E-state index in [-0.39, 0.29) is 23.1 Å². The van der Waals surface area contributed by atoms with E-state index in [1.54, 1.807) is 0 Å². The molecule has 0 amide bonds. The first-order valence-corrected chi connectivity index (χ1v) is 7.99. The molecule has 27 heavy (non-hydrogen) atoms. The number of hydrogen-bond donors (Lipinski definition) is 3. The average Bonchev–Trinajstić information content (AvgIpc) is 2.53. The van der Waals surface area contributed by atoms with Crippen LogP contribution in [0.25, 0.3) is 0 Å². The lowest BCUT2D eigenvalue weighted by molar-refractivity contribution is -0.362. The van der Waals surface area contributed by atoms with Crippen molar-refractivity contribution in [2.24, 2.45) is 0 Å². The zero-order chi connectivity index (χ0) is 21.4. The van der Waals surface area contributed by atoms with Gasteiger partial charge in [-0.15, -0.1) is 0 Å². The van der Waals surface area contributed by atoms with Crippen molar-refractivity contribution in [3.05, 3.63) is 36.5 Å². The van der Waals surface area contributed by atoms with Gasteiger partial charge in [0.25, 0.3) is 0 Å². The zero-order valence-corrected chi connectivity index (χ0v) is 15.7. The van der Waals surface area contributed by atoms with Crippen LogP contribution in [0.5, 0.6) is 0 Å². The number of rotatable bonds is 11. The summed E-state index contributed by atoms with van der Waals surface area (Å²) < 4.78 is 14.9. The monoisotopic (exact) mass is 386 g/mol. The summed E-state index contributed by atoms with van der Waals surface area (Å²) in [5.74, 6) is -6.31. The molecule has 3 N–H and O–H groups in total. The first-order valence-electron chi connectivity index (χ1n) is 7.99. The fourth-order valence-electron chi connectivity index (χ4n) is 1.58. The summed E-state index contributed by atoms with van der Waals surface area (Å²) in [6.45, 7) is 13.5. The van der Waals surface area contributed by atoms with Gasteiger partial charge in [0, 0.05) is 29.7 Å². The van der Waals surface area contributed by atoms with Crippen molar-refractivity contribution in [3.63, 3.8) is 0 Å². The quantitative estimate of drug-likeness (QED) is 0.263. The second-order valence-electron chi connectivity index (χ2n) is 6.03. The maximum absolute atomic E-state index is 12.0. The van der Waals surface area contributed by atoms with Crippen LogP contribution in [-0.4, -0.2) is 58.0 Å². The summed E-state index contributed by atoms with van der Waals surface area (Å²) in [6, 6.07) is 0. The fourth-order valence-corrected chi connectivity index (χ4v) is 1.58. The molecule has 9 heteroatoms. The molecule has 0 rings (SSSR count). The molecule has 0 saturated heterocycles. The largest absolute Gasteiger partial charge is 0.452 e. The van der Waals surface area contributed by atoms with Crippen LogP contribution in [0.4, 0.5) is 0 Å². The van der Waals surface area contributed by atoms with Crippen LogP contribution in [0.15, 0.2) is 36.5 Å². The molecule has 0 aliphatic rings. The van der Waals surface area contributed by atoms with Crippen molar-refractivity contribution in [2.75, 3.05) is 6.61 Å². The van der Waals surface area contributed by atoms with Crippen LogP contribution in [-0.2, 0) is 28.6 Å². The molecule has 0 radical (unpaired) electrons. The normalized spacial score (nSPS) is 13.1. The Kier molecular flexibility index (Phi) is 9.63. The van der Waals surface area contributed by atoms with Gasteiger partial charge >= 0.3 is 23.9 Å². The number of carbonyl (C=O) groups excluding carboxylic acids is 3. The molecule has 0 bridgehead atoms. The highest BCUT2D eigenvalue weighted by atomic mass is 16.9. The molecule has 0 saturated carbocycles. The van der Waals surface area contributed by atoms with Crippen molar-refractivity contribution in [1.29, 1.82) is 0 Å². The third-order valence-electron chi connectivity index (χ3n) is 3.12. The van der Waals surface area contributed by atoms with Gasteiger partial charge in [0.1, 0.15) is 0 Å².